The first-order chi connectivity index (χ1) is 16.0. The minimum absolute atomic E-state index is 0.0823. The van der Waals surface area contributed by atoms with Gasteiger partial charge in [0.15, 0.2) is 11.5 Å². The fraction of sp³-hybridized carbons (Fsp3) is 0.704. The summed E-state index contributed by atoms with van der Waals surface area (Å²) >= 11 is 0. The van der Waals surface area contributed by atoms with Gasteiger partial charge in [0.1, 0.15) is 0 Å². The van der Waals surface area contributed by atoms with E-state index in [4.69, 9.17) is 9.47 Å². The van der Waals surface area contributed by atoms with E-state index in [-0.39, 0.29) is 23.3 Å². The molecule has 0 spiro atoms. The van der Waals surface area contributed by atoms with E-state index in [9.17, 15) is 9.59 Å². The van der Waals surface area contributed by atoms with Gasteiger partial charge in [-0.3, -0.25) is 9.59 Å². The van der Waals surface area contributed by atoms with E-state index in [1.807, 2.05) is 23.1 Å². The topological polar surface area (TPSA) is 67.9 Å². The molecule has 1 heterocycles. The Labute approximate surface area is 197 Å². The quantitative estimate of drug-likeness (QED) is 0.588. The molecule has 1 N–H and O–H groups in total. The zero-order valence-corrected chi connectivity index (χ0v) is 20.1. The van der Waals surface area contributed by atoms with Crippen LogP contribution in [0.25, 0.3) is 0 Å². The van der Waals surface area contributed by atoms with E-state index < -0.39 is 0 Å². The lowest BCUT2D eigenvalue weighted by Crippen LogP contribution is -2.53. The molecule has 180 valence electrons. The molecular formula is C27H38N2O4. The number of carbonyl (C=O) groups is 2. The van der Waals surface area contributed by atoms with Gasteiger partial charge in [-0.25, -0.2) is 0 Å². The maximum atomic E-state index is 13.1. The lowest BCUT2D eigenvalue weighted by Gasteiger charge is -2.55. The van der Waals surface area contributed by atoms with Gasteiger partial charge in [-0.05, 0) is 93.2 Å². The molecule has 1 unspecified atom stereocenters. The van der Waals surface area contributed by atoms with Gasteiger partial charge in [-0.2, -0.15) is 0 Å². The molecule has 6 rings (SSSR count). The van der Waals surface area contributed by atoms with Crippen LogP contribution in [0, 0.1) is 23.2 Å². The molecule has 5 fully saturated rings. The van der Waals surface area contributed by atoms with E-state index in [1.54, 1.807) is 14.2 Å². The van der Waals surface area contributed by atoms with Gasteiger partial charge in [0.05, 0.1) is 20.3 Å². The van der Waals surface area contributed by atoms with Crippen LogP contribution in [0.2, 0.25) is 0 Å². The Balaban J connectivity index is 1.13. The third-order valence-electron chi connectivity index (χ3n) is 8.74. The third kappa shape index (κ3) is 4.33. The summed E-state index contributed by atoms with van der Waals surface area (Å²) < 4.78 is 10.8. The number of amides is 2. The second kappa shape index (κ2) is 9.19. The predicted octanol–water partition coefficient (Wildman–Crippen LogP) is 4.48. The summed E-state index contributed by atoms with van der Waals surface area (Å²) in [5, 5.41) is 3.22. The van der Waals surface area contributed by atoms with Crippen molar-refractivity contribution in [3.8, 4) is 11.5 Å². The number of ether oxygens (including phenoxy) is 2. The molecule has 1 aromatic rings. The van der Waals surface area contributed by atoms with E-state index in [0.717, 1.165) is 62.0 Å². The molecule has 0 aromatic heterocycles. The number of hydrogen-bond acceptors (Lipinski definition) is 4. The van der Waals surface area contributed by atoms with Crippen LogP contribution in [0.4, 0.5) is 0 Å². The Kier molecular flexibility index (Phi) is 6.28. The Morgan fingerprint density at radius 1 is 1.03 bits per heavy atom. The maximum absolute atomic E-state index is 13.1. The molecule has 4 aliphatic carbocycles. The van der Waals surface area contributed by atoms with Crippen LogP contribution in [0.1, 0.15) is 75.8 Å². The zero-order chi connectivity index (χ0) is 23.0. The van der Waals surface area contributed by atoms with Crippen molar-refractivity contribution in [2.45, 2.75) is 70.3 Å². The summed E-state index contributed by atoms with van der Waals surface area (Å²) in [5.74, 6) is 4.15. The van der Waals surface area contributed by atoms with E-state index in [0.29, 0.717) is 30.9 Å². The van der Waals surface area contributed by atoms with Gasteiger partial charge < -0.3 is 19.7 Å². The van der Waals surface area contributed by atoms with Crippen molar-refractivity contribution in [2.24, 2.45) is 23.2 Å². The number of methoxy groups -OCH3 is 2. The molecular weight excluding hydrogens is 416 g/mol. The summed E-state index contributed by atoms with van der Waals surface area (Å²) in [5.41, 5.74) is 0.986. The molecule has 6 heteroatoms. The largest absolute Gasteiger partial charge is 0.493 e. The predicted molar refractivity (Wildman–Crippen MR) is 126 cm³/mol. The van der Waals surface area contributed by atoms with Crippen molar-refractivity contribution in [1.82, 2.24) is 10.2 Å². The summed E-state index contributed by atoms with van der Waals surface area (Å²) in [6.45, 7) is 1.39. The summed E-state index contributed by atoms with van der Waals surface area (Å²) in [7, 11) is 3.27. The first-order valence-corrected chi connectivity index (χ1v) is 12.8. The highest BCUT2D eigenvalue weighted by molar-refractivity contribution is 5.83. The average molecular weight is 455 g/mol. The minimum Gasteiger partial charge on any atom is -0.493 e. The van der Waals surface area contributed by atoms with E-state index >= 15 is 0 Å². The van der Waals surface area contributed by atoms with E-state index in [2.05, 4.69) is 5.32 Å². The highest BCUT2D eigenvalue weighted by Crippen LogP contribution is 2.60. The van der Waals surface area contributed by atoms with Crippen LogP contribution < -0.4 is 14.8 Å². The lowest BCUT2D eigenvalue weighted by molar-refractivity contribution is -0.146. The highest BCUT2D eigenvalue weighted by atomic mass is 16.5. The monoisotopic (exact) mass is 454 g/mol. The van der Waals surface area contributed by atoms with Gasteiger partial charge in [-0.15, -0.1) is 0 Å². The van der Waals surface area contributed by atoms with Crippen molar-refractivity contribution in [3.05, 3.63) is 23.8 Å². The first-order valence-electron chi connectivity index (χ1n) is 12.8. The van der Waals surface area contributed by atoms with Crippen molar-refractivity contribution < 1.29 is 19.1 Å². The Bertz CT molecular complexity index is 863. The normalized spacial score (nSPS) is 32.1. The van der Waals surface area contributed by atoms with Crippen LogP contribution >= 0.6 is 0 Å². The summed E-state index contributed by atoms with van der Waals surface area (Å²) in [6.07, 6.45) is 10.4. The molecule has 1 aromatic carbocycles. The fourth-order valence-electron chi connectivity index (χ4n) is 7.63. The lowest BCUT2D eigenvalue weighted by atomic mass is 9.49. The number of carbonyl (C=O) groups excluding carboxylic acids is 2. The summed E-state index contributed by atoms with van der Waals surface area (Å²) in [4.78, 5) is 28.2. The number of benzene rings is 1. The third-order valence-corrected chi connectivity index (χ3v) is 8.74. The second-order valence-corrected chi connectivity index (χ2v) is 10.9. The molecule has 6 nitrogen and oxygen atoms in total. The first kappa shape index (κ1) is 22.5. The molecule has 4 saturated carbocycles. The molecule has 1 saturated heterocycles. The van der Waals surface area contributed by atoms with Crippen LogP contribution in [-0.2, 0) is 9.59 Å². The Morgan fingerprint density at radius 3 is 2.33 bits per heavy atom. The fourth-order valence-corrected chi connectivity index (χ4v) is 7.63. The Hall–Kier alpha value is -2.24. The standard InChI is InChI=1S/C27H38N2O4/c1-32-23-8-7-21(14-24(23)33-2)22-5-4-10-29(22)25(30)6-3-9-28-26(31)27-15-18-11-19(16-27)13-20(12-18)17-27/h7-8,14,18-20,22H,3-6,9-13,15-17H2,1-2H3,(H,28,31). The molecule has 5 aliphatic rings. The van der Waals surface area contributed by atoms with Crippen LogP contribution in [0.3, 0.4) is 0 Å². The Morgan fingerprint density at radius 2 is 1.70 bits per heavy atom. The summed E-state index contributed by atoms with van der Waals surface area (Å²) in [6, 6.07) is 6.01. The smallest absolute Gasteiger partial charge is 0.226 e. The molecule has 4 bridgehead atoms. The molecule has 2 amide bonds. The molecule has 1 atom stereocenters. The maximum Gasteiger partial charge on any atom is 0.226 e. The minimum atomic E-state index is -0.105. The van der Waals surface area contributed by atoms with Crippen molar-refractivity contribution in [1.29, 1.82) is 0 Å². The van der Waals surface area contributed by atoms with Crippen LogP contribution in [0.5, 0.6) is 11.5 Å². The van der Waals surface area contributed by atoms with Gasteiger partial charge in [0.2, 0.25) is 11.8 Å². The van der Waals surface area contributed by atoms with Gasteiger partial charge in [0.25, 0.3) is 0 Å². The van der Waals surface area contributed by atoms with Crippen molar-refractivity contribution in [3.63, 3.8) is 0 Å². The van der Waals surface area contributed by atoms with Gasteiger partial charge in [-0.1, -0.05) is 6.07 Å². The number of rotatable bonds is 8. The highest BCUT2D eigenvalue weighted by Gasteiger charge is 2.54. The number of nitrogens with one attached hydrogen (secondary N) is 1. The molecule has 1 aliphatic heterocycles. The van der Waals surface area contributed by atoms with Crippen LogP contribution in [0.15, 0.2) is 18.2 Å². The number of likely N-dealkylation sites (tertiary alicyclic amines) is 1. The average Bonchev–Trinajstić information content (AvgIpc) is 3.30. The van der Waals surface area contributed by atoms with Gasteiger partial charge >= 0.3 is 0 Å². The number of hydrogen-bond donors (Lipinski definition) is 1. The van der Waals surface area contributed by atoms with Crippen molar-refractivity contribution >= 4 is 11.8 Å². The number of nitrogens with zero attached hydrogens (tertiary/aromatic N) is 1. The van der Waals surface area contributed by atoms with E-state index in [1.165, 1.54) is 19.3 Å². The molecule has 33 heavy (non-hydrogen) atoms. The second-order valence-electron chi connectivity index (χ2n) is 10.9. The zero-order valence-electron chi connectivity index (χ0n) is 20.1. The van der Waals surface area contributed by atoms with Crippen LogP contribution in [-0.4, -0.2) is 44.0 Å². The van der Waals surface area contributed by atoms with Crippen molar-refractivity contribution in [2.75, 3.05) is 27.3 Å². The molecule has 0 radical (unpaired) electrons. The van der Waals surface area contributed by atoms with Gasteiger partial charge in [0, 0.05) is 24.9 Å². The SMILES string of the molecule is COc1ccc(C2CCCN2C(=O)CCCNC(=O)C23CC4CC(CC(C4)C2)C3)cc1OC.